The number of anilines is 1. The Morgan fingerprint density at radius 3 is 2.64 bits per heavy atom. The summed E-state index contributed by atoms with van der Waals surface area (Å²) in [6, 6.07) is 13.3. The van der Waals surface area contributed by atoms with Crippen LogP contribution in [0.15, 0.2) is 42.5 Å². The van der Waals surface area contributed by atoms with Crippen LogP contribution in [0.1, 0.15) is 10.4 Å². The van der Waals surface area contributed by atoms with E-state index >= 15 is 0 Å². The molecule has 2 heterocycles. The Morgan fingerprint density at radius 2 is 1.86 bits per heavy atom. The number of methoxy groups -OCH3 is 1. The number of rotatable bonds is 5. The van der Waals surface area contributed by atoms with Gasteiger partial charge in [-0.1, -0.05) is 23.7 Å². The number of nitrogens with zero attached hydrogens (tertiary/aromatic N) is 3. The molecule has 4 rings (SSSR count). The van der Waals surface area contributed by atoms with Gasteiger partial charge < -0.3 is 19.3 Å². The van der Waals surface area contributed by atoms with E-state index < -0.39 is 0 Å². The van der Waals surface area contributed by atoms with Gasteiger partial charge in [0.1, 0.15) is 11.5 Å². The Labute approximate surface area is 170 Å². The highest BCUT2D eigenvalue weighted by Crippen LogP contribution is 2.29. The van der Waals surface area contributed by atoms with Gasteiger partial charge in [0.15, 0.2) is 6.73 Å². The van der Waals surface area contributed by atoms with Gasteiger partial charge in [-0.25, -0.2) is 0 Å². The zero-order chi connectivity index (χ0) is 19.5. The fourth-order valence-corrected chi connectivity index (χ4v) is 3.88. The number of hydrogen-bond acceptors (Lipinski definition) is 5. The second-order valence-corrected chi connectivity index (χ2v) is 7.42. The van der Waals surface area contributed by atoms with E-state index in [2.05, 4.69) is 15.9 Å². The van der Waals surface area contributed by atoms with Crippen molar-refractivity contribution in [3.63, 3.8) is 0 Å². The van der Waals surface area contributed by atoms with Crippen LogP contribution < -0.4 is 14.4 Å². The predicted molar refractivity (Wildman–Crippen MR) is 110 cm³/mol. The normalized spacial score (nSPS) is 17.3. The minimum Gasteiger partial charge on any atom is -0.495 e. The number of amides is 1. The van der Waals surface area contributed by atoms with Gasteiger partial charge in [-0.15, -0.1) is 0 Å². The van der Waals surface area contributed by atoms with E-state index in [4.69, 9.17) is 21.1 Å². The number of carbonyl (C=O) groups excluding carboxylic acids is 1. The lowest BCUT2D eigenvalue weighted by Gasteiger charge is -2.38. The lowest BCUT2D eigenvalue weighted by Crippen LogP contribution is -2.50. The van der Waals surface area contributed by atoms with Crippen LogP contribution in [0.4, 0.5) is 5.69 Å². The van der Waals surface area contributed by atoms with E-state index in [1.54, 1.807) is 30.2 Å². The van der Waals surface area contributed by atoms with E-state index in [1.807, 2.05) is 18.2 Å². The number of para-hydroxylation sites is 2. The largest absolute Gasteiger partial charge is 0.495 e. The minimum atomic E-state index is -0.0172. The molecule has 0 atom stereocenters. The van der Waals surface area contributed by atoms with Crippen molar-refractivity contribution in [2.24, 2.45) is 0 Å². The molecule has 6 nitrogen and oxygen atoms in total. The van der Waals surface area contributed by atoms with Gasteiger partial charge in [0.05, 0.1) is 18.4 Å². The molecule has 0 aliphatic carbocycles. The van der Waals surface area contributed by atoms with Crippen molar-refractivity contribution in [2.75, 3.05) is 58.0 Å². The molecule has 28 heavy (non-hydrogen) atoms. The van der Waals surface area contributed by atoms with E-state index in [-0.39, 0.29) is 12.6 Å². The summed E-state index contributed by atoms with van der Waals surface area (Å²) >= 11 is 6.03. The average molecular weight is 402 g/mol. The number of ether oxygens (including phenoxy) is 2. The molecule has 2 aromatic rings. The van der Waals surface area contributed by atoms with Gasteiger partial charge in [-0.3, -0.25) is 9.69 Å². The zero-order valence-corrected chi connectivity index (χ0v) is 16.7. The van der Waals surface area contributed by atoms with Crippen LogP contribution in [0, 0.1) is 0 Å². The third-order valence-corrected chi connectivity index (χ3v) is 5.55. The summed E-state index contributed by atoms with van der Waals surface area (Å²) in [5.74, 6) is 1.50. The van der Waals surface area contributed by atoms with Crippen LogP contribution in [0.2, 0.25) is 5.02 Å². The number of fused-ring (bicyclic) bond motifs is 1. The van der Waals surface area contributed by atoms with Crippen molar-refractivity contribution in [1.82, 2.24) is 9.80 Å². The number of piperazine rings is 1. The molecule has 0 radical (unpaired) electrons. The summed E-state index contributed by atoms with van der Waals surface area (Å²) in [5.41, 5.74) is 1.68. The third-order valence-electron chi connectivity index (χ3n) is 5.32. The lowest BCUT2D eigenvalue weighted by molar-refractivity contribution is 0.0488. The maximum Gasteiger partial charge on any atom is 0.260 e. The molecule has 1 amide bonds. The van der Waals surface area contributed by atoms with E-state index in [1.165, 1.54) is 0 Å². The fourth-order valence-electron chi connectivity index (χ4n) is 3.70. The van der Waals surface area contributed by atoms with Crippen LogP contribution in [-0.4, -0.2) is 68.8 Å². The maximum absolute atomic E-state index is 12.7. The van der Waals surface area contributed by atoms with Gasteiger partial charge in [0, 0.05) is 44.3 Å². The first-order valence-electron chi connectivity index (χ1n) is 9.47. The summed E-state index contributed by atoms with van der Waals surface area (Å²) in [6.07, 6.45) is 0. The number of hydrogen-bond donors (Lipinski definition) is 0. The molecule has 2 aromatic carbocycles. The van der Waals surface area contributed by atoms with Crippen LogP contribution in [0.3, 0.4) is 0 Å². The summed E-state index contributed by atoms with van der Waals surface area (Å²) < 4.78 is 11.2. The zero-order valence-electron chi connectivity index (χ0n) is 15.9. The second-order valence-electron chi connectivity index (χ2n) is 6.98. The molecule has 1 saturated heterocycles. The van der Waals surface area contributed by atoms with Crippen LogP contribution in [0.25, 0.3) is 0 Å². The summed E-state index contributed by atoms with van der Waals surface area (Å²) in [7, 11) is 1.71. The fraction of sp³-hybridized carbons (Fsp3) is 0.381. The molecule has 1 fully saturated rings. The summed E-state index contributed by atoms with van der Waals surface area (Å²) in [6.45, 7) is 5.51. The molecular formula is C21H24ClN3O3. The van der Waals surface area contributed by atoms with Gasteiger partial charge in [0.2, 0.25) is 0 Å². The quantitative estimate of drug-likeness (QED) is 0.770. The molecule has 2 aliphatic heterocycles. The number of carbonyl (C=O) groups is 1. The lowest BCUT2D eigenvalue weighted by atomic mass is 10.1. The van der Waals surface area contributed by atoms with E-state index in [0.29, 0.717) is 22.9 Å². The van der Waals surface area contributed by atoms with Gasteiger partial charge in [-0.2, -0.15) is 0 Å². The summed E-state index contributed by atoms with van der Waals surface area (Å²) in [5, 5.41) is 0.546. The average Bonchev–Trinajstić information content (AvgIpc) is 2.74. The standard InChI is InChI=1S/C21H24ClN3O3/c1-27-20-5-3-2-4-18(20)24-11-8-23(9-12-24)10-13-25-15-28-19-7-6-16(22)14-17(19)21(25)26/h2-7,14H,8-13,15H2,1H3. The van der Waals surface area contributed by atoms with E-state index in [9.17, 15) is 4.79 Å². The molecular weight excluding hydrogens is 378 g/mol. The molecule has 0 spiro atoms. The Morgan fingerprint density at radius 1 is 1.07 bits per heavy atom. The molecule has 148 valence electrons. The molecule has 7 heteroatoms. The topological polar surface area (TPSA) is 45.2 Å². The third kappa shape index (κ3) is 3.88. The van der Waals surface area contributed by atoms with Crippen LogP contribution >= 0.6 is 11.6 Å². The first-order valence-corrected chi connectivity index (χ1v) is 9.85. The Hall–Kier alpha value is -2.44. The Bertz CT molecular complexity index is 853. The number of halogens is 1. The highest BCUT2D eigenvalue weighted by atomic mass is 35.5. The van der Waals surface area contributed by atoms with Crippen molar-refractivity contribution >= 4 is 23.2 Å². The van der Waals surface area contributed by atoms with Crippen LogP contribution in [-0.2, 0) is 0 Å². The van der Waals surface area contributed by atoms with Gasteiger partial charge in [-0.05, 0) is 30.3 Å². The second kappa shape index (κ2) is 8.29. The smallest absolute Gasteiger partial charge is 0.260 e. The summed E-state index contributed by atoms with van der Waals surface area (Å²) in [4.78, 5) is 19.2. The van der Waals surface area contributed by atoms with Crippen molar-refractivity contribution in [1.29, 1.82) is 0 Å². The molecule has 0 N–H and O–H groups in total. The van der Waals surface area contributed by atoms with Crippen molar-refractivity contribution in [3.05, 3.63) is 53.1 Å². The van der Waals surface area contributed by atoms with Crippen molar-refractivity contribution in [3.8, 4) is 11.5 Å². The van der Waals surface area contributed by atoms with Crippen LogP contribution in [0.5, 0.6) is 11.5 Å². The monoisotopic (exact) mass is 401 g/mol. The van der Waals surface area contributed by atoms with Gasteiger partial charge >= 0.3 is 0 Å². The maximum atomic E-state index is 12.7. The molecule has 0 bridgehead atoms. The Kier molecular flexibility index (Phi) is 5.59. The van der Waals surface area contributed by atoms with Crippen molar-refractivity contribution < 1.29 is 14.3 Å². The first-order chi connectivity index (χ1) is 13.7. The SMILES string of the molecule is COc1ccccc1N1CCN(CCN2COc3ccc(Cl)cc3C2=O)CC1. The Balaban J connectivity index is 1.31. The highest BCUT2D eigenvalue weighted by Gasteiger charge is 2.27. The highest BCUT2D eigenvalue weighted by molar-refractivity contribution is 6.31. The molecule has 2 aliphatic rings. The van der Waals surface area contributed by atoms with Gasteiger partial charge in [0.25, 0.3) is 5.91 Å². The number of benzene rings is 2. The minimum absolute atomic E-state index is 0.0172. The first kappa shape index (κ1) is 18.9. The predicted octanol–water partition coefficient (Wildman–Crippen LogP) is 2.96. The molecule has 0 unspecified atom stereocenters. The molecule has 0 aromatic heterocycles. The molecule has 0 saturated carbocycles. The van der Waals surface area contributed by atoms with Crippen molar-refractivity contribution in [2.45, 2.75) is 0 Å². The van der Waals surface area contributed by atoms with E-state index in [0.717, 1.165) is 44.2 Å².